The van der Waals surface area contributed by atoms with Crippen LogP contribution in [-0.4, -0.2) is 42.5 Å². The molecule has 0 spiro atoms. The molecule has 0 aromatic heterocycles. The van der Waals surface area contributed by atoms with Crippen molar-refractivity contribution >= 4 is 23.8 Å². The third kappa shape index (κ3) is 13.1. The Morgan fingerprint density at radius 3 is 2.02 bits per heavy atom. The Labute approximate surface area is 246 Å². The van der Waals surface area contributed by atoms with Crippen molar-refractivity contribution in [3.05, 3.63) is 35.9 Å². The van der Waals surface area contributed by atoms with Crippen LogP contribution in [0.4, 0.5) is 0 Å². The molecule has 2 atom stereocenters. The van der Waals surface area contributed by atoms with Crippen LogP contribution in [0.1, 0.15) is 111 Å². The third-order valence-corrected chi connectivity index (χ3v) is 7.06. The lowest BCUT2D eigenvalue weighted by Gasteiger charge is -2.34. The molecule has 0 unspecified atom stereocenters. The van der Waals surface area contributed by atoms with Crippen molar-refractivity contribution in [1.29, 1.82) is 0 Å². The van der Waals surface area contributed by atoms with Crippen molar-refractivity contribution in [3.63, 3.8) is 0 Å². The van der Waals surface area contributed by atoms with Crippen LogP contribution in [0.25, 0.3) is 0 Å². The quantitative estimate of drug-likeness (QED) is 0.0775. The molecule has 232 valence electrons. The lowest BCUT2D eigenvalue weighted by molar-refractivity contribution is -0.171. The van der Waals surface area contributed by atoms with E-state index < -0.39 is 41.1 Å². The zero-order chi connectivity index (χ0) is 30.5. The number of nitrogens with one attached hydrogen (secondary N) is 2. The number of hydrogen-bond acceptors (Lipinski definition) is 7. The van der Waals surface area contributed by atoms with Gasteiger partial charge in [0, 0.05) is 12.3 Å². The standard InChI is InChI=1S/C32H52N2O7/c1-6-9-11-12-13-14-18-21-27(23-28(35)34-41-24-26-19-16-15-17-20-26)29(36)33-32(25(4)5,30(37)39-8-3)31(38)40-22-10-7-2/h15-17,19-20,25,27H,6-14,18,21-24H2,1-5H3,(H,33,36)(H,34,35)/t27-,32+/m1/s1. The van der Waals surface area contributed by atoms with E-state index in [0.29, 0.717) is 12.8 Å². The van der Waals surface area contributed by atoms with Gasteiger partial charge in [-0.2, -0.15) is 0 Å². The highest BCUT2D eigenvalue weighted by molar-refractivity contribution is 6.08. The number of unbranched alkanes of at least 4 members (excludes halogenated alkanes) is 7. The van der Waals surface area contributed by atoms with E-state index in [4.69, 9.17) is 14.3 Å². The van der Waals surface area contributed by atoms with Crippen LogP contribution in [0.5, 0.6) is 0 Å². The van der Waals surface area contributed by atoms with Crippen LogP contribution in [0.2, 0.25) is 0 Å². The molecule has 1 rings (SSSR count). The van der Waals surface area contributed by atoms with E-state index in [2.05, 4.69) is 17.7 Å². The van der Waals surface area contributed by atoms with E-state index in [1.165, 1.54) is 19.3 Å². The van der Waals surface area contributed by atoms with Crippen LogP contribution >= 0.6 is 0 Å². The molecule has 1 aromatic carbocycles. The van der Waals surface area contributed by atoms with Crippen molar-refractivity contribution in [2.24, 2.45) is 11.8 Å². The Morgan fingerprint density at radius 1 is 0.805 bits per heavy atom. The second-order valence-electron chi connectivity index (χ2n) is 10.8. The fourth-order valence-corrected chi connectivity index (χ4v) is 4.48. The number of hydroxylamine groups is 1. The molecule has 0 saturated carbocycles. The number of esters is 2. The van der Waals surface area contributed by atoms with E-state index in [0.717, 1.165) is 37.7 Å². The highest BCUT2D eigenvalue weighted by Crippen LogP contribution is 2.25. The van der Waals surface area contributed by atoms with Gasteiger partial charge in [0.1, 0.15) is 0 Å². The van der Waals surface area contributed by atoms with Gasteiger partial charge in [0.25, 0.3) is 0 Å². The van der Waals surface area contributed by atoms with Gasteiger partial charge in [-0.05, 0) is 31.2 Å². The van der Waals surface area contributed by atoms with Gasteiger partial charge in [-0.3, -0.25) is 14.4 Å². The minimum atomic E-state index is -2.01. The summed E-state index contributed by atoms with van der Waals surface area (Å²) in [6.07, 6.45) is 9.07. The lowest BCUT2D eigenvalue weighted by atomic mass is 9.84. The smallest absolute Gasteiger partial charge is 0.343 e. The molecule has 9 heteroatoms. The summed E-state index contributed by atoms with van der Waals surface area (Å²) in [6, 6.07) is 9.40. The second-order valence-corrected chi connectivity index (χ2v) is 10.8. The SMILES string of the molecule is CCCCCCCCC[C@H](CC(=O)NOCc1ccccc1)C(=O)N[C@@](C(=O)OCC)(C(=O)OCCCC)C(C)C. The summed E-state index contributed by atoms with van der Waals surface area (Å²) >= 11 is 0. The van der Waals surface area contributed by atoms with Gasteiger partial charge in [0.05, 0.1) is 19.8 Å². The van der Waals surface area contributed by atoms with E-state index in [-0.39, 0.29) is 26.2 Å². The maximum absolute atomic E-state index is 13.7. The molecule has 9 nitrogen and oxygen atoms in total. The van der Waals surface area contributed by atoms with Gasteiger partial charge in [-0.1, -0.05) is 109 Å². The topological polar surface area (TPSA) is 120 Å². The molecule has 0 heterocycles. The first kappa shape index (κ1) is 36.1. The van der Waals surface area contributed by atoms with E-state index >= 15 is 0 Å². The van der Waals surface area contributed by atoms with Crippen molar-refractivity contribution in [2.75, 3.05) is 13.2 Å². The Balaban J connectivity index is 3.03. The van der Waals surface area contributed by atoms with Gasteiger partial charge in [-0.15, -0.1) is 0 Å². The Hall–Kier alpha value is -2.94. The average molecular weight is 577 g/mol. The molecule has 0 aliphatic carbocycles. The van der Waals surface area contributed by atoms with Crippen molar-refractivity contribution in [2.45, 2.75) is 117 Å². The molecular formula is C32H52N2O7. The monoisotopic (exact) mass is 576 g/mol. The molecule has 1 aromatic rings. The predicted octanol–water partition coefficient (Wildman–Crippen LogP) is 5.80. The molecule has 41 heavy (non-hydrogen) atoms. The van der Waals surface area contributed by atoms with Gasteiger partial charge in [-0.25, -0.2) is 15.1 Å². The maximum Gasteiger partial charge on any atom is 0.343 e. The Morgan fingerprint density at radius 2 is 1.41 bits per heavy atom. The van der Waals surface area contributed by atoms with Crippen LogP contribution in [0.3, 0.4) is 0 Å². The summed E-state index contributed by atoms with van der Waals surface area (Å²) in [5.41, 5.74) is 1.30. The van der Waals surface area contributed by atoms with Gasteiger partial charge < -0.3 is 14.8 Å². The molecule has 2 amide bonds. The van der Waals surface area contributed by atoms with Crippen LogP contribution < -0.4 is 10.8 Å². The molecule has 0 radical (unpaired) electrons. The minimum absolute atomic E-state index is 0.0357. The number of carbonyl (C=O) groups is 4. The Bertz CT molecular complexity index is 907. The van der Waals surface area contributed by atoms with Gasteiger partial charge >= 0.3 is 11.9 Å². The minimum Gasteiger partial charge on any atom is -0.464 e. The molecule has 0 saturated heterocycles. The molecule has 0 aliphatic rings. The highest BCUT2D eigenvalue weighted by Gasteiger charge is 2.53. The van der Waals surface area contributed by atoms with E-state index in [1.807, 2.05) is 37.3 Å². The highest BCUT2D eigenvalue weighted by atomic mass is 16.6. The average Bonchev–Trinajstić information content (AvgIpc) is 2.95. The van der Waals surface area contributed by atoms with E-state index in [9.17, 15) is 19.2 Å². The molecule has 0 bridgehead atoms. The largest absolute Gasteiger partial charge is 0.464 e. The fourth-order valence-electron chi connectivity index (χ4n) is 4.48. The number of amides is 2. The van der Waals surface area contributed by atoms with E-state index in [1.54, 1.807) is 20.8 Å². The summed E-state index contributed by atoms with van der Waals surface area (Å²) in [5.74, 6) is -4.17. The molecule has 0 fully saturated rings. The zero-order valence-corrected chi connectivity index (χ0v) is 25.8. The molecule has 0 aliphatic heterocycles. The molecule has 2 N–H and O–H groups in total. The fraction of sp³-hybridized carbons (Fsp3) is 0.688. The van der Waals surface area contributed by atoms with Crippen molar-refractivity contribution in [1.82, 2.24) is 10.8 Å². The van der Waals surface area contributed by atoms with Crippen LogP contribution in [0, 0.1) is 11.8 Å². The number of rotatable bonds is 22. The predicted molar refractivity (Wildman–Crippen MR) is 158 cm³/mol. The van der Waals surface area contributed by atoms with Gasteiger partial charge in [0.15, 0.2) is 0 Å². The maximum atomic E-state index is 13.7. The number of carbonyl (C=O) groups excluding carboxylic acids is 4. The van der Waals surface area contributed by atoms with Crippen LogP contribution in [-0.2, 0) is 40.1 Å². The van der Waals surface area contributed by atoms with Crippen molar-refractivity contribution in [3.8, 4) is 0 Å². The summed E-state index contributed by atoms with van der Waals surface area (Å²) in [6.45, 7) is 9.43. The number of benzene rings is 1. The third-order valence-electron chi connectivity index (χ3n) is 7.06. The lowest BCUT2D eigenvalue weighted by Crippen LogP contribution is -2.65. The molecular weight excluding hydrogens is 524 g/mol. The summed E-state index contributed by atoms with van der Waals surface area (Å²) in [4.78, 5) is 58.3. The normalized spacial score (nSPS) is 13.2. The summed E-state index contributed by atoms with van der Waals surface area (Å²) < 4.78 is 10.7. The first-order valence-corrected chi connectivity index (χ1v) is 15.3. The van der Waals surface area contributed by atoms with Gasteiger partial charge in [0.2, 0.25) is 17.4 Å². The second kappa shape index (κ2) is 20.9. The van der Waals surface area contributed by atoms with Crippen molar-refractivity contribution < 1.29 is 33.5 Å². The first-order valence-electron chi connectivity index (χ1n) is 15.3. The Kier molecular flexibility index (Phi) is 18.4. The number of ether oxygens (including phenoxy) is 2. The summed E-state index contributed by atoms with van der Waals surface area (Å²) in [7, 11) is 0. The zero-order valence-electron chi connectivity index (χ0n) is 25.8. The first-order chi connectivity index (χ1) is 19.7. The van der Waals surface area contributed by atoms with Crippen LogP contribution in [0.15, 0.2) is 30.3 Å². The summed E-state index contributed by atoms with van der Waals surface area (Å²) in [5, 5.41) is 2.69. The number of hydrogen-bond donors (Lipinski definition) is 2.